The van der Waals surface area contributed by atoms with Gasteiger partial charge in [0.25, 0.3) is 0 Å². The van der Waals surface area contributed by atoms with Crippen molar-refractivity contribution in [2.45, 2.75) is 70.4 Å². The van der Waals surface area contributed by atoms with Crippen molar-refractivity contribution in [2.75, 3.05) is 26.3 Å². The van der Waals surface area contributed by atoms with E-state index in [0.29, 0.717) is 67.9 Å². The van der Waals surface area contributed by atoms with Crippen LogP contribution in [0.5, 0.6) is 11.5 Å². The van der Waals surface area contributed by atoms with Crippen molar-refractivity contribution in [3.8, 4) is 35.0 Å². The Kier molecular flexibility index (Phi) is 14.7. The average Bonchev–Trinajstić information content (AvgIpc) is 3.13. The predicted molar refractivity (Wildman–Crippen MR) is 183 cm³/mol. The first kappa shape index (κ1) is 38.4. The number of nitrogens with zero attached hydrogens (tertiary/aromatic N) is 8. The number of carbonyl (C=O) groups is 2. The van der Waals surface area contributed by atoms with E-state index in [-0.39, 0.29) is 43.3 Å². The molecule has 3 rings (SSSR count). The van der Waals surface area contributed by atoms with E-state index in [9.17, 15) is 20.1 Å². The normalized spacial score (nSPS) is 13.2. The average molecular weight is 683 g/mol. The summed E-state index contributed by atoms with van der Waals surface area (Å²) in [6.07, 6.45) is 1.40. The molecule has 2 aromatic carbocycles. The molecule has 16 heteroatoms. The van der Waals surface area contributed by atoms with E-state index in [2.05, 4.69) is 53.4 Å². The van der Waals surface area contributed by atoms with Crippen LogP contribution in [0.4, 0.5) is 0 Å². The lowest BCUT2D eigenvalue weighted by molar-refractivity contribution is -0.122. The molecule has 1 heterocycles. The molecule has 0 bridgehead atoms. The summed E-state index contributed by atoms with van der Waals surface area (Å²) in [5.74, 6) is 1.69. The standard InChI is InChI=1S/C34H42N12O4/c1-24-41-43-32(44-42-24)26-8-12-28(13-9-26)50-21-5-19-40-30(48)15-17-34(3,23-36)46-45-33(2,22-35)16-14-29(47)39-18-4-20-49-27-10-6-25(7-11-27)31(37)38/h6-13H,4-5,14-21H2,1-3H3,(H3,37,38)(H,39,47)(H,40,48)/b46-45+. The number of ether oxygens (including phenoxy) is 2. The summed E-state index contributed by atoms with van der Waals surface area (Å²) in [5.41, 5.74) is 4.17. The highest BCUT2D eigenvalue weighted by molar-refractivity contribution is 5.94. The first-order chi connectivity index (χ1) is 23.9. The van der Waals surface area contributed by atoms with Gasteiger partial charge in [-0.3, -0.25) is 15.0 Å². The van der Waals surface area contributed by atoms with Gasteiger partial charge in [-0.1, -0.05) is 0 Å². The Labute approximate surface area is 291 Å². The molecular weight excluding hydrogens is 640 g/mol. The van der Waals surface area contributed by atoms with Gasteiger partial charge in [0, 0.05) is 37.1 Å². The molecule has 1 aromatic heterocycles. The van der Waals surface area contributed by atoms with Crippen LogP contribution in [0.1, 0.15) is 63.8 Å². The number of hydrogen-bond acceptors (Lipinski definition) is 13. The molecule has 2 atom stereocenters. The number of nitrogen functional groups attached to an aromatic ring is 1. The second-order valence-corrected chi connectivity index (χ2v) is 11.8. The molecule has 2 amide bonds. The maximum absolute atomic E-state index is 12.4. The number of azo groups is 1. The topological polar surface area (TPSA) is 250 Å². The number of nitriles is 2. The van der Waals surface area contributed by atoms with Gasteiger partial charge in [0.2, 0.25) is 17.6 Å². The zero-order chi connectivity index (χ0) is 36.4. The fraction of sp³-hybridized carbons (Fsp3) is 0.441. The van der Waals surface area contributed by atoms with Crippen LogP contribution in [0.15, 0.2) is 58.8 Å². The van der Waals surface area contributed by atoms with Gasteiger partial charge in [0.15, 0.2) is 16.9 Å². The molecule has 0 fully saturated rings. The Balaban J connectivity index is 1.31. The Morgan fingerprint density at radius 2 is 1.24 bits per heavy atom. The third-order valence-electron chi connectivity index (χ3n) is 7.33. The van der Waals surface area contributed by atoms with E-state index in [1.807, 2.05) is 12.1 Å². The highest BCUT2D eigenvalue weighted by atomic mass is 16.5. The van der Waals surface area contributed by atoms with Gasteiger partial charge in [-0.05, 0) is 95.0 Å². The van der Waals surface area contributed by atoms with Crippen LogP contribution in [0.25, 0.3) is 11.4 Å². The fourth-order valence-corrected chi connectivity index (χ4v) is 4.17. The number of aryl methyl sites for hydroxylation is 1. The minimum atomic E-state index is -1.32. The number of benzene rings is 2. The van der Waals surface area contributed by atoms with Crippen LogP contribution in [0.2, 0.25) is 0 Å². The SMILES string of the molecule is Cc1nnc(-c2ccc(OCCCNC(=O)CCC(C)(C#N)/N=N/C(C)(C#N)CCC(=O)NCCCOc3ccc(C(=N)N)cc3)cc2)nn1. The number of hydrogen-bond donors (Lipinski definition) is 4. The second-order valence-electron chi connectivity index (χ2n) is 11.8. The largest absolute Gasteiger partial charge is 0.494 e. The minimum absolute atomic E-state index is 0.0195. The van der Waals surface area contributed by atoms with Gasteiger partial charge in [0.1, 0.15) is 17.3 Å². The van der Waals surface area contributed by atoms with Crippen LogP contribution >= 0.6 is 0 Å². The summed E-state index contributed by atoms with van der Waals surface area (Å²) >= 11 is 0. The molecule has 2 unspecified atom stereocenters. The molecule has 0 radical (unpaired) electrons. The maximum atomic E-state index is 12.4. The second kappa shape index (κ2) is 19.1. The number of nitrogens with one attached hydrogen (secondary N) is 3. The van der Waals surface area contributed by atoms with Gasteiger partial charge in [0.05, 0.1) is 25.4 Å². The highest BCUT2D eigenvalue weighted by Gasteiger charge is 2.29. The number of rotatable bonds is 20. The van der Waals surface area contributed by atoms with Crippen molar-refractivity contribution in [3.05, 3.63) is 59.9 Å². The molecule has 0 saturated carbocycles. The monoisotopic (exact) mass is 682 g/mol. The third kappa shape index (κ3) is 13.2. The summed E-state index contributed by atoms with van der Waals surface area (Å²) in [7, 11) is 0. The van der Waals surface area contributed by atoms with Crippen LogP contribution < -0.4 is 25.8 Å². The van der Waals surface area contributed by atoms with Crippen molar-refractivity contribution < 1.29 is 19.1 Å². The molecule has 262 valence electrons. The zero-order valence-electron chi connectivity index (χ0n) is 28.5. The highest BCUT2D eigenvalue weighted by Crippen LogP contribution is 2.24. The van der Waals surface area contributed by atoms with Crippen molar-refractivity contribution in [1.29, 1.82) is 15.9 Å². The van der Waals surface area contributed by atoms with E-state index in [1.54, 1.807) is 57.2 Å². The van der Waals surface area contributed by atoms with E-state index < -0.39 is 11.1 Å². The van der Waals surface area contributed by atoms with Crippen molar-refractivity contribution in [3.63, 3.8) is 0 Å². The number of aromatic nitrogens is 4. The van der Waals surface area contributed by atoms with Crippen LogP contribution in [0.3, 0.4) is 0 Å². The number of nitrogens with two attached hydrogens (primary N) is 1. The zero-order valence-corrected chi connectivity index (χ0v) is 28.5. The Hall–Kier alpha value is -6.03. The molecule has 50 heavy (non-hydrogen) atoms. The lowest BCUT2D eigenvalue weighted by Gasteiger charge is -2.19. The Morgan fingerprint density at radius 3 is 1.66 bits per heavy atom. The third-order valence-corrected chi connectivity index (χ3v) is 7.33. The molecule has 0 aliphatic carbocycles. The lowest BCUT2D eigenvalue weighted by Crippen LogP contribution is -2.30. The lowest BCUT2D eigenvalue weighted by atomic mass is 9.97. The van der Waals surface area contributed by atoms with Gasteiger partial charge in [-0.2, -0.15) is 20.8 Å². The van der Waals surface area contributed by atoms with Gasteiger partial charge in [-0.25, -0.2) is 0 Å². The molecule has 3 aromatic rings. The Bertz CT molecular complexity index is 1690. The molecule has 0 spiro atoms. The quantitative estimate of drug-likeness (QED) is 0.0580. The van der Waals surface area contributed by atoms with Crippen LogP contribution in [0, 0.1) is 35.0 Å². The smallest absolute Gasteiger partial charge is 0.220 e. The minimum Gasteiger partial charge on any atom is -0.494 e. The number of amidine groups is 1. The Morgan fingerprint density at radius 1 is 0.800 bits per heavy atom. The molecule has 0 saturated heterocycles. The molecule has 0 aliphatic heterocycles. The first-order valence-electron chi connectivity index (χ1n) is 16.1. The first-order valence-corrected chi connectivity index (χ1v) is 16.1. The molecule has 0 aliphatic rings. The fourth-order valence-electron chi connectivity index (χ4n) is 4.17. The number of amides is 2. The van der Waals surface area contributed by atoms with Gasteiger partial charge in [-0.15, -0.1) is 20.4 Å². The van der Waals surface area contributed by atoms with Gasteiger partial charge >= 0.3 is 0 Å². The van der Waals surface area contributed by atoms with Crippen molar-refractivity contribution in [2.24, 2.45) is 16.0 Å². The van der Waals surface area contributed by atoms with E-state index >= 15 is 0 Å². The summed E-state index contributed by atoms with van der Waals surface area (Å²) in [6.45, 7) is 6.32. The molecule has 16 nitrogen and oxygen atoms in total. The summed E-state index contributed by atoms with van der Waals surface area (Å²) in [6, 6.07) is 18.2. The summed E-state index contributed by atoms with van der Waals surface area (Å²) in [5, 5.41) is 56.6. The maximum Gasteiger partial charge on any atom is 0.220 e. The van der Waals surface area contributed by atoms with Crippen molar-refractivity contribution >= 4 is 17.6 Å². The summed E-state index contributed by atoms with van der Waals surface area (Å²) in [4.78, 5) is 24.8. The number of carbonyl (C=O) groups excluding carboxylic acids is 2. The predicted octanol–water partition coefficient (Wildman–Crippen LogP) is 3.57. The van der Waals surface area contributed by atoms with Crippen LogP contribution in [-0.4, -0.2) is 75.4 Å². The molecular formula is C34H42N12O4. The summed E-state index contributed by atoms with van der Waals surface area (Å²) < 4.78 is 11.4. The molecule has 5 N–H and O–H groups in total. The van der Waals surface area contributed by atoms with Crippen molar-refractivity contribution in [1.82, 2.24) is 31.0 Å². The van der Waals surface area contributed by atoms with E-state index in [0.717, 1.165) is 5.56 Å². The van der Waals surface area contributed by atoms with E-state index in [1.165, 1.54) is 0 Å². The van der Waals surface area contributed by atoms with Gasteiger partial charge < -0.3 is 25.8 Å². The van der Waals surface area contributed by atoms with Crippen LogP contribution in [-0.2, 0) is 9.59 Å². The van der Waals surface area contributed by atoms with E-state index in [4.69, 9.17) is 20.6 Å².